The van der Waals surface area contributed by atoms with Crippen LogP contribution in [0.4, 0.5) is 0 Å². The van der Waals surface area contributed by atoms with Crippen LogP contribution in [-0.4, -0.2) is 16.1 Å². The van der Waals surface area contributed by atoms with E-state index >= 15 is 0 Å². The van der Waals surface area contributed by atoms with E-state index in [2.05, 4.69) is 4.98 Å². The van der Waals surface area contributed by atoms with Crippen molar-refractivity contribution < 1.29 is 9.90 Å². The van der Waals surface area contributed by atoms with Crippen LogP contribution < -0.4 is 0 Å². The number of rotatable bonds is 2. The maximum Gasteiger partial charge on any atom is 0.335 e. The van der Waals surface area contributed by atoms with Crippen LogP contribution in [0, 0.1) is 6.92 Å². The van der Waals surface area contributed by atoms with Gasteiger partial charge in [0.25, 0.3) is 0 Å². The van der Waals surface area contributed by atoms with E-state index in [-0.39, 0.29) is 0 Å². The summed E-state index contributed by atoms with van der Waals surface area (Å²) in [6.45, 7) is 1.79. The SMILES string of the molecule is Cc1cc(-c2ccccn2)ccc1C(=O)O. The number of hydrogen-bond donors (Lipinski definition) is 1. The van der Waals surface area contributed by atoms with E-state index in [9.17, 15) is 4.79 Å². The van der Waals surface area contributed by atoms with Crippen LogP contribution in [-0.2, 0) is 0 Å². The largest absolute Gasteiger partial charge is 0.478 e. The molecule has 0 unspecified atom stereocenters. The number of nitrogens with zero attached hydrogens (tertiary/aromatic N) is 1. The molecule has 0 amide bonds. The second-order valence-corrected chi connectivity index (χ2v) is 3.55. The number of carboxylic acid groups (broad SMARTS) is 1. The van der Waals surface area contributed by atoms with Gasteiger partial charge in [-0.2, -0.15) is 0 Å². The number of carboxylic acids is 1. The first-order chi connectivity index (χ1) is 7.68. The number of benzene rings is 1. The molecule has 0 saturated heterocycles. The number of aromatic nitrogens is 1. The molecule has 0 spiro atoms. The van der Waals surface area contributed by atoms with Crippen molar-refractivity contribution in [3.63, 3.8) is 0 Å². The van der Waals surface area contributed by atoms with Crippen molar-refractivity contribution in [3.8, 4) is 11.3 Å². The van der Waals surface area contributed by atoms with Crippen LogP contribution in [0.3, 0.4) is 0 Å². The van der Waals surface area contributed by atoms with Gasteiger partial charge in [-0.1, -0.05) is 12.1 Å². The van der Waals surface area contributed by atoms with E-state index in [4.69, 9.17) is 5.11 Å². The van der Waals surface area contributed by atoms with Crippen molar-refractivity contribution in [1.82, 2.24) is 4.98 Å². The number of hydrogen-bond acceptors (Lipinski definition) is 2. The molecule has 1 aromatic carbocycles. The third kappa shape index (κ3) is 1.93. The second-order valence-electron chi connectivity index (χ2n) is 3.55. The van der Waals surface area contributed by atoms with Gasteiger partial charge in [-0.05, 0) is 36.8 Å². The molecule has 16 heavy (non-hydrogen) atoms. The zero-order valence-electron chi connectivity index (χ0n) is 8.84. The fraction of sp³-hybridized carbons (Fsp3) is 0.0769. The van der Waals surface area contributed by atoms with Gasteiger partial charge in [0.05, 0.1) is 11.3 Å². The van der Waals surface area contributed by atoms with E-state index in [1.54, 1.807) is 25.3 Å². The zero-order chi connectivity index (χ0) is 11.5. The maximum absolute atomic E-state index is 10.9. The maximum atomic E-state index is 10.9. The molecule has 3 heteroatoms. The highest BCUT2D eigenvalue weighted by molar-refractivity contribution is 5.90. The molecule has 1 aromatic heterocycles. The Labute approximate surface area is 93.4 Å². The normalized spacial score (nSPS) is 10.1. The molecule has 2 rings (SSSR count). The molecule has 3 nitrogen and oxygen atoms in total. The second kappa shape index (κ2) is 4.14. The monoisotopic (exact) mass is 213 g/mol. The molecule has 0 bridgehead atoms. The Bertz CT molecular complexity index is 521. The van der Waals surface area contributed by atoms with Crippen molar-refractivity contribution in [2.24, 2.45) is 0 Å². The summed E-state index contributed by atoms with van der Waals surface area (Å²) < 4.78 is 0. The zero-order valence-corrected chi connectivity index (χ0v) is 8.84. The minimum absolute atomic E-state index is 0.333. The molecule has 0 fully saturated rings. The van der Waals surface area contributed by atoms with E-state index in [1.165, 1.54) is 0 Å². The Hall–Kier alpha value is -2.16. The van der Waals surface area contributed by atoms with Crippen molar-refractivity contribution >= 4 is 5.97 Å². The third-order valence-electron chi connectivity index (χ3n) is 2.42. The number of aryl methyl sites for hydroxylation is 1. The molecular weight excluding hydrogens is 202 g/mol. The van der Waals surface area contributed by atoms with Gasteiger partial charge in [0.15, 0.2) is 0 Å². The minimum Gasteiger partial charge on any atom is -0.478 e. The first-order valence-electron chi connectivity index (χ1n) is 4.94. The van der Waals surface area contributed by atoms with E-state index in [0.717, 1.165) is 16.8 Å². The van der Waals surface area contributed by atoms with Crippen LogP contribution in [0.25, 0.3) is 11.3 Å². The molecular formula is C13H11NO2. The van der Waals surface area contributed by atoms with Crippen LogP contribution in [0.1, 0.15) is 15.9 Å². The Kier molecular flexibility index (Phi) is 2.68. The first-order valence-corrected chi connectivity index (χ1v) is 4.94. The van der Waals surface area contributed by atoms with E-state index in [1.807, 2.05) is 24.3 Å². The standard InChI is InChI=1S/C13H11NO2/c1-9-8-10(5-6-11(9)13(15)16)12-4-2-3-7-14-12/h2-8H,1H3,(H,15,16). The lowest BCUT2D eigenvalue weighted by molar-refractivity contribution is 0.0696. The fourth-order valence-corrected chi connectivity index (χ4v) is 1.60. The molecule has 0 aliphatic carbocycles. The van der Waals surface area contributed by atoms with Gasteiger partial charge in [0.2, 0.25) is 0 Å². The van der Waals surface area contributed by atoms with E-state index in [0.29, 0.717) is 5.56 Å². The van der Waals surface area contributed by atoms with Gasteiger partial charge >= 0.3 is 5.97 Å². The summed E-state index contributed by atoms with van der Waals surface area (Å²) in [5, 5.41) is 8.91. The van der Waals surface area contributed by atoms with Crippen molar-refractivity contribution in [3.05, 3.63) is 53.7 Å². The predicted octanol–water partition coefficient (Wildman–Crippen LogP) is 2.76. The lowest BCUT2D eigenvalue weighted by Crippen LogP contribution is -1.99. The highest BCUT2D eigenvalue weighted by Gasteiger charge is 2.07. The van der Waals surface area contributed by atoms with Gasteiger partial charge in [-0.15, -0.1) is 0 Å². The topological polar surface area (TPSA) is 50.2 Å². The Morgan fingerprint density at radius 1 is 1.25 bits per heavy atom. The number of pyridine rings is 1. The number of carbonyl (C=O) groups is 1. The molecule has 0 aliphatic heterocycles. The lowest BCUT2D eigenvalue weighted by Gasteiger charge is -2.04. The molecule has 0 radical (unpaired) electrons. The fourth-order valence-electron chi connectivity index (χ4n) is 1.60. The molecule has 0 atom stereocenters. The third-order valence-corrected chi connectivity index (χ3v) is 2.42. The average molecular weight is 213 g/mol. The minimum atomic E-state index is -0.898. The summed E-state index contributed by atoms with van der Waals surface area (Å²) in [5.41, 5.74) is 2.86. The molecule has 1 heterocycles. The summed E-state index contributed by atoms with van der Waals surface area (Å²) in [6.07, 6.45) is 1.72. The molecule has 0 saturated carbocycles. The highest BCUT2D eigenvalue weighted by Crippen LogP contribution is 2.20. The lowest BCUT2D eigenvalue weighted by atomic mass is 10.0. The molecule has 1 N–H and O–H groups in total. The summed E-state index contributed by atoms with van der Waals surface area (Å²) >= 11 is 0. The van der Waals surface area contributed by atoms with Gasteiger partial charge in [0.1, 0.15) is 0 Å². The van der Waals surface area contributed by atoms with Crippen molar-refractivity contribution in [2.45, 2.75) is 6.92 Å². The predicted molar refractivity (Wildman–Crippen MR) is 61.4 cm³/mol. The summed E-state index contributed by atoms with van der Waals surface area (Å²) in [6, 6.07) is 10.9. The Balaban J connectivity index is 2.46. The first kappa shape index (κ1) is 10.4. The molecule has 0 aliphatic rings. The van der Waals surface area contributed by atoms with Crippen molar-refractivity contribution in [1.29, 1.82) is 0 Å². The van der Waals surface area contributed by atoms with Crippen LogP contribution in [0.5, 0.6) is 0 Å². The Morgan fingerprint density at radius 3 is 2.62 bits per heavy atom. The molecule has 80 valence electrons. The van der Waals surface area contributed by atoms with Crippen LogP contribution in [0.2, 0.25) is 0 Å². The van der Waals surface area contributed by atoms with E-state index < -0.39 is 5.97 Å². The summed E-state index contributed by atoms with van der Waals surface area (Å²) in [5.74, 6) is -0.898. The smallest absolute Gasteiger partial charge is 0.335 e. The average Bonchev–Trinajstić information content (AvgIpc) is 2.29. The quantitative estimate of drug-likeness (QED) is 0.834. The summed E-state index contributed by atoms with van der Waals surface area (Å²) in [4.78, 5) is 15.1. The van der Waals surface area contributed by atoms with Crippen molar-refractivity contribution in [2.75, 3.05) is 0 Å². The summed E-state index contributed by atoms with van der Waals surface area (Å²) in [7, 11) is 0. The van der Waals surface area contributed by atoms with Gasteiger partial charge in [-0.25, -0.2) is 4.79 Å². The van der Waals surface area contributed by atoms with Gasteiger partial charge in [0, 0.05) is 11.8 Å². The van der Waals surface area contributed by atoms with Gasteiger partial charge in [-0.3, -0.25) is 4.98 Å². The Morgan fingerprint density at radius 2 is 2.06 bits per heavy atom. The molecule has 2 aromatic rings. The number of aromatic carboxylic acids is 1. The van der Waals surface area contributed by atoms with Gasteiger partial charge < -0.3 is 5.11 Å². The highest BCUT2D eigenvalue weighted by atomic mass is 16.4. The van der Waals surface area contributed by atoms with Crippen LogP contribution >= 0.6 is 0 Å². The van der Waals surface area contributed by atoms with Crippen LogP contribution in [0.15, 0.2) is 42.6 Å².